The molecule has 10 aromatic carbocycles. The van der Waals surface area contributed by atoms with Crippen molar-refractivity contribution in [3.8, 4) is 33.6 Å². The van der Waals surface area contributed by atoms with E-state index < -0.39 is 29.0 Å². The summed E-state index contributed by atoms with van der Waals surface area (Å²) in [6.45, 7) is 0. The molecule has 0 unspecified atom stereocenters. The van der Waals surface area contributed by atoms with Crippen LogP contribution in [0.3, 0.4) is 0 Å². The Hall–Kier alpha value is -8.46. The molecule has 0 saturated carbocycles. The summed E-state index contributed by atoms with van der Waals surface area (Å²) in [7, 11) is 0. The maximum Gasteiger partial charge on any atom is 0.135 e. The molecule has 66 heavy (non-hydrogen) atoms. The van der Waals surface area contributed by atoms with Crippen molar-refractivity contribution < 1.29 is 11.3 Å². The first kappa shape index (κ1) is 33.1. The van der Waals surface area contributed by atoms with Gasteiger partial charge in [0.05, 0.1) is 17.7 Å². The van der Waals surface area contributed by atoms with Gasteiger partial charge in [0.25, 0.3) is 0 Å². The normalized spacial score (nSPS) is 14.8. The number of furan rings is 1. The molecule has 1 aromatic heterocycles. The number of hydrogen-bond donors (Lipinski definition) is 0. The third-order valence-corrected chi connectivity index (χ3v) is 13.9. The lowest BCUT2D eigenvalue weighted by atomic mass is 9.67. The molecule has 1 heterocycles. The van der Waals surface area contributed by atoms with Gasteiger partial charge in [-0.1, -0.05) is 212 Å². The van der Waals surface area contributed by atoms with Crippen molar-refractivity contribution in [3.05, 3.63) is 305 Å². The molecule has 0 saturated heterocycles. The smallest absolute Gasteiger partial charge is 0.135 e. The van der Waals surface area contributed by atoms with Gasteiger partial charge in [0.1, 0.15) is 11.3 Å². The Morgan fingerprint density at radius 2 is 0.742 bits per heavy atom. The molecule has 13 rings (SSSR count). The Kier molecular flexibility index (Phi) is 7.56. The van der Waals surface area contributed by atoms with Crippen molar-refractivity contribution in [2.45, 2.75) is 10.8 Å². The highest BCUT2D eigenvalue weighted by Crippen LogP contribution is 2.59. The topological polar surface area (TPSA) is 16.4 Å². The van der Waals surface area contributed by atoms with E-state index in [-0.39, 0.29) is 23.4 Å². The van der Waals surface area contributed by atoms with Crippen LogP contribution in [0.4, 0.5) is 17.1 Å². The van der Waals surface area contributed by atoms with Gasteiger partial charge < -0.3 is 9.32 Å². The number of fused-ring (bicyclic) bond motifs is 7. The molecule has 2 aliphatic rings. The van der Waals surface area contributed by atoms with E-state index in [2.05, 4.69) is 217 Å². The first-order chi connectivity index (χ1) is 34.8. The SMILES string of the molecule is [2H]c1c([2H])c([2H])c(-c2cc3cc(N(c4ccc5c(c4)-c4ccccc4C5(c4ccccc4)c4ccccc4)c4ccc5c(c4)-c4ccccc4C5(c4ccccc4)c4ccccc4)ccc3o2)c([2H])c1[2H]. The number of hydrogen-bond acceptors (Lipinski definition) is 2. The largest absolute Gasteiger partial charge is 0.456 e. The minimum atomic E-state index is -0.567. The third-order valence-electron chi connectivity index (χ3n) is 13.9. The highest BCUT2D eigenvalue weighted by molar-refractivity contribution is 5.95. The maximum absolute atomic E-state index is 8.74. The molecule has 0 N–H and O–H groups in total. The van der Waals surface area contributed by atoms with Crippen molar-refractivity contribution in [3.63, 3.8) is 0 Å². The van der Waals surface area contributed by atoms with Crippen molar-refractivity contribution in [2.24, 2.45) is 0 Å². The van der Waals surface area contributed by atoms with Crippen LogP contribution < -0.4 is 4.90 Å². The van der Waals surface area contributed by atoms with Gasteiger partial charge in [-0.2, -0.15) is 0 Å². The van der Waals surface area contributed by atoms with E-state index in [0.29, 0.717) is 5.58 Å². The molecule has 310 valence electrons. The van der Waals surface area contributed by atoms with E-state index in [4.69, 9.17) is 11.3 Å². The fourth-order valence-electron chi connectivity index (χ4n) is 11.3. The molecule has 0 spiro atoms. The van der Waals surface area contributed by atoms with E-state index in [1.54, 1.807) is 6.07 Å². The lowest BCUT2D eigenvalue weighted by Gasteiger charge is -2.34. The molecule has 0 fully saturated rings. The highest BCUT2D eigenvalue weighted by Gasteiger charge is 2.48. The predicted octanol–water partition coefficient (Wildman–Crippen LogP) is 16.3. The lowest BCUT2D eigenvalue weighted by Crippen LogP contribution is -2.28. The van der Waals surface area contributed by atoms with Crippen LogP contribution >= 0.6 is 0 Å². The van der Waals surface area contributed by atoms with Gasteiger partial charge in [-0.25, -0.2) is 0 Å². The summed E-state index contributed by atoms with van der Waals surface area (Å²) in [5, 5.41) is 0.728. The van der Waals surface area contributed by atoms with Gasteiger partial charge in [0, 0.05) is 28.0 Å². The number of rotatable bonds is 8. The number of anilines is 3. The fraction of sp³-hybridized carbons (Fsp3) is 0.0312. The van der Waals surface area contributed by atoms with Crippen LogP contribution in [-0.4, -0.2) is 0 Å². The summed E-state index contributed by atoms with van der Waals surface area (Å²) >= 11 is 0. The Balaban J connectivity index is 1.06. The van der Waals surface area contributed by atoms with Gasteiger partial charge >= 0.3 is 0 Å². The molecule has 0 amide bonds. The second kappa shape index (κ2) is 15.1. The Labute approximate surface area is 392 Å². The van der Waals surface area contributed by atoms with Crippen LogP contribution in [0.15, 0.2) is 265 Å². The maximum atomic E-state index is 8.74. The summed E-state index contributed by atoms with van der Waals surface area (Å²) in [6, 6.07) is 80.5. The molecular weight excluding hydrogens is 799 g/mol. The molecule has 0 bridgehead atoms. The number of benzene rings is 10. The van der Waals surface area contributed by atoms with E-state index >= 15 is 0 Å². The van der Waals surface area contributed by atoms with Crippen LogP contribution in [0.5, 0.6) is 0 Å². The van der Waals surface area contributed by atoms with Gasteiger partial charge in [0.15, 0.2) is 0 Å². The monoisotopic (exact) mass is 846 g/mol. The zero-order valence-electron chi connectivity index (χ0n) is 40.8. The highest BCUT2D eigenvalue weighted by atomic mass is 16.3. The van der Waals surface area contributed by atoms with E-state index in [1.807, 2.05) is 12.1 Å². The molecular formula is C64H43NO. The third kappa shape index (κ3) is 5.55. The van der Waals surface area contributed by atoms with Gasteiger partial charge in [-0.3, -0.25) is 0 Å². The molecule has 0 radical (unpaired) electrons. The molecule has 0 atom stereocenters. The van der Waals surface area contributed by atoms with Crippen molar-refractivity contribution in [1.29, 1.82) is 0 Å². The Bertz CT molecular complexity index is 3600. The van der Waals surface area contributed by atoms with E-state index in [9.17, 15) is 0 Å². The zero-order chi connectivity index (χ0) is 48.0. The van der Waals surface area contributed by atoms with Crippen molar-refractivity contribution >= 4 is 28.0 Å². The average molecular weight is 847 g/mol. The minimum Gasteiger partial charge on any atom is -0.456 e. The second-order valence-corrected chi connectivity index (χ2v) is 17.2. The summed E-state index contributed by atoms with van der Waals surface area (Å²) < 4.78 is 48.8. The van der Waals surface area contributed by atoms with Crippen molar-refractivity contribution in [2.75, 3.05) is 4.90 Å². The molecule has 2 heteroatoms. The predicted molar refractivity (Wildman–Crippen MR) is 271 cm³/mol. The Morgan fingerprint density at radius 3 is 1.21 bits per heavy atom. The molecule has 0 aliphatic heterocycles. The summed E-state index contributed by atoms with van der Waals surface area (Å²) in [5.74, 6) is 0.209. The first-order valence-electron chi connectivity index (χ1n) is 24.9. The molecule has 2 nitrogen and oxygen atoms in total. The summed E-state index contributed by atoms with van der Waals surface area (Å²) in [5.41, 5.74) is 16.4. The zero-order valence-corrected chi connectivity index (χ0v) is 35.8. The van der Waals surface area contributed by atoms with Crippen LogP contribution in [-0.2, 0) is 10.8 Å². The summed E-state index contributed by atoms with van der Waals surface area (Å²) in [6.07, 6.45) is 0. The van der Waals surface area contributed by atoms with Gasteiger partial charge in [0.2, 0.25) is 0 Å². The first-order valence-corrected chi connectivity index (χ1v) is 22.4. The number of nitrogens with zero attached hydrogens (tertiary/aromatic N) is 1. The minimum absolute atomic E-state index is 0.0285. The Morgan fingerprint density at radius 1 is 0.348 bits per heavy atom. The quantitative estimate of drug-likeness (QED) is 0.151. The molecule has 11 aromatic rings. The van der Waals surface area contributed by atoms with E-state index in [0.717, 1.165) is 33.6 Å². The van der Waals surface area contributed by atoms with Crippen LogP contribution in [0.2, 0.25) is 0 Å². The van der Waals surface area contributed by atoms with Gasteiger partial charge in [-0.15, -0.1) is 0 Å². The standard InChI is InChI=1S/C64H43NO/c1-6-20-44(21-7-1)62-41-45-40-50(36-39-61(45)66-62)65(51-34-37-59-55(42-51)53-30-16-18-32-57(53)63(59,46-22-8-2-9-23-46)47-24-10-3-11-25-47)52-35-38-60-56(43-52)54-31-17-19-33-58(54)64(60,48-26-12-4-13-27-48)49-28-14-5-15-29-49/h1-43H/i1D,6D,7D,20D,21D. The average Bonchev–Trinajstić information content (AvgIpc) is 4.08. The van der Waals surface area contributed by atoms with Crippen LogP contribution in [0.1, 0.15) is 51.4 Å². The molecule has 2 aliphatic carbocycles. The second-order valence-electron chi connectivity index (χ2n) is 17.2. The summed E-state index contributed by atoms with van der Waals surface area (Å²) in [4.78, 5) is 2.30. The van der Waals surface area contributed by atoms with Crippen LogP contribution in [0, 0.1) is 0 Å². The lowest BCUT2D eigenvalue weighted by molar-refractivity contribution is 0.631. The van der Waals surface area contributed by atoms with Crippen LogP contribution in [0.25, 0.3) is 44.5 Å². The van der Waals surface area contributed by atoms with E-state index in [1.165, 1.54) is 55.6 Å². The van der Waals surface area contributed by atoms with Gasteiger partial charge in [-0.05, 0) is 115 Å². The van der Waals surface area contributed by atoms with Crippen molar-refractivity contribution in [1.82, 2.24) is 0 Å². The fourth-order valence-corrected chi connectivity index (χ4v) is 11.3.